The number of nitrogens with one attached hydrogen (secondary N) is 2. The molecule has 0 fully saturated rings. The summed E-state index contributed by atoms with van der Waals surface area (Å²) in [6.07, 6.45) is 2.15. The van der Waals surface area contributed by atoms with Crippen molar-refractivity contribution in [3.63, 3.8) is 0 Å². The highest BCUT2D eigenvalue weighted by atomic mass is 16.5. The number of unbranched alkanes of at least 4 members (excludes halogenated alkanes) is 1. The van der Waals surface area contributed by atoms with Crippen molar-refractivity contribution >= 4 is 11.6 Å². The molecule has 6 nitrogen and oxygen atoms in total. The zero-order valence-electron chi connectivity index (χ0n) is 14.1. The Morgan fingerprint density at radius 1 is 1.17 bits per heavy atom. The molecule has 0 radical (unpaired) electrons. The molecule has 0 unspecified atom stereocenters. The van der Waals surface area contributed by atoms with E-state index in [2.05, 4.69) is 27.4 Å². The van der Waals surface area contributed by atoms with E-state index in [1.807, 2.05) is 45.0 Å². The first-order valence-corrected chi connectivity index (χ1v) is 7.87. The maximum Gasteiger partial charge on any atom is 0.274 e. The third-order valence-corrected chi connectivity index (χ3v) is 3.29. The number of ether oxygens (including phenoxy) is 1. The summed E-state index contributed by atoms with van der Waals surface area (Å²) in [5, 5.41) is 11.1. The van der Waals surface area contributed by atoms with E-state index in [-0.39, 0.29) is 11.0 Å². The van der Waals surface area contributed by atoms with Crippen LogP contribution in [0.2, 0.25) is 0 Å². The summed E-state index contributed by atoms with van der Waals surface area (Å²) >= 11 is 0. The van der Waals surface area contributed by atoms with Gasteiger partial charge in [-0.2, -0.15) is 0 Å². The van der Waals surface area contributed by atoms with E-state index in [0.29, 0.717) is 11.6 Å². The quantitative estimate of drug-likeness (QED) is 0.799. The standard InChI is InChI=1S/C17H24N4O2/c1-5-6-11-23-13-9-7-12(8-10-13)18-16-19-15(22)14(20-21-16)17(2,3)4/h7-10H,5-6,11H2,1-4H3,(H2,18,19,21,22). The summed E-state index contributed by atoms with van der Waals surface area (Å²) in [5.74, 6) is 1.15. The maximum absolute atomic E-state index is 12.1. The van der Waals surface area contributed by atoms with Crippen LogP contribution in [0, 0.1) is 0 Å². The number of rotatable bonds is 6. The van der Waals surface area contributed by atoms with Gasteiger partial charge in [0.2, 0.25) is 5.95 Å². The summed E-state index contributed by atoms with van der Waals surface area (Å²) in [4.78, 5) is 14.8. The van der Waals surface area contributed by atoms with Gasteiger partial charge >= 0.3 is 0 Å². The van der Waals surface area contributed by atoms with Crippen LogP contribution in [0.5, 0.6) is 5.75 Å². The van der Waals surface area contributed by atoms with Crippen molar-refractivity contribution in [3.8, 4) is 5.75 Å². The van der Waals surface area contributed by atoms with E-state index in [4.69, 9.17) is 4.74 Å². The molecular formula is C17H24N4O2. The van der Waals surface area contributed by atoms with Crippen LogP contribution in [-0.2, 0) is 5.41 Å². The van der Waals surface area contributed by atoms with Crippen molar-refractivity contribution in [2.24, 2.45) is 0 Å². The van der Waals surface area contributed by atoms with Gasteiger partial charge in [-0.15, -0.1) is 10.2 Å². The van der Waals surface area contributed by atoms with E-state index in [1.165, 1.54) is 0 Å². The van der Waals surface area contributed by atoms with Crippen LogP contribution in [-0.4, -0.2) is 21.8 Å². The zero-order valence-corrected chi connectivity index (χ0v) is 14.1. The Balaban J connectivity index is 2.05. The fraction of sp³-hybridized carbons (Fsp3) is 0.471. The Morgan fingerprint density at radius 2 is 1.87 bits per heavy atom. The lowest BCUT2D eigenvalue weighted by Gasteiger charge is -2.15. The van der Waals surface area contributed by atoms with Gasteiger partial charge in [0.25, 0.3) is 5.56 Å². The average molecular weight is 316 g/mol. The second-order valence-electron chi connectivity index (χ2n) is 6.45. The molecule has 1 aromatic carbocycles. The molecule has 1 heterocycles. The molecule has 0 aliphatic heterocycles. The second kappa shape index (κ2) is 7.26. The molecule has 0 saturated carbocycles. The van der Waals surface area contributed by atoms with E-state index < -0.39 is 0 Å². The number of nitrogens with zero attached hydrogens (tertiary/aromatic N) is 2. The van der Waals surface area contributed by atoms with Gasteiger partial charge < -0.3 is 10.1 Å². The van der Waals surface area contributed by atoms with Crippen molar-refractivity contribution in [3.05, 3.63) is 40.3 Å². The van der Waals surface area contributed by atoms with Crippen LogP contribution in [0.4, 0.5) is 11.6 Å². The fourth-order valence-electron chi connectivity index (χ4n) is 1.99. The lowest BCUT2D eigenvalue weighted by Crippen LogP contribution is -2.28. The van der Waals surface area contributed by atoms with Crippen LogP contribution in [0.25, 0.3) is 0 Å². The maximum atomic E-state index is 12.1. The van der Waals surface area contributed by atoms with Gasteiger partial charge in [-0.3, -0.25) is 9.78 Å². The summed E-state index contributed by atoms with van der Waals surface area (Å²) in [6, 6.07) is 7.51. The second-order valence-corrected chi connectivity index (χ2v) is 6.45. The van der Waals surface area contributed by atoms with Crippen molar-refractivity contribution in [2.45, 2.75) is 46.0 Å². The molecule has 2 rings (SSSR count). The van der Waals surface area contributed by atoms with Crippen molar-refractivity contribution < 1.29 is 4.74 Å². The third-order valence-electron chi connectivity index (χ3n) is 3.29. The first kappa shape index (κ1) is 17.0. The number of hydrogen-bond acceptors (Lipinski definition) is 5. The van der Waals surface area contributed by atoms with Crippen LogP contribution in [0.3, 0.4) is 0 Å². The normalized spacial score (nSPS) is 11.3. The summed E-state index contributed by atoms with van der Waals surface area (Å²) < 4.78 is 5.61. The first-order valence-electron chi connectivity index (χ1n) is 7.87. The van der Waals surface area contributed by atoms with E-state index in [0.717, 1.165) is 30.9 Å². The number of H-pyrrole nitrogens is 1. The van der Waals surface area contributed by atoms with Gasteiger partial charge in [0.1, 0.15) is 11.4 Å². The predicted molar refractivity (Wildman–Crippen MR) is 91.5 cm³/mol. The predicted octanol–water partition coefficient (Wildman–Crippen LogP) is 3.38. The van der Waals surface area contributed by atoms with Gasteiger partial charge in [-0.1, -0.05) is 34.1 Å². The van der Waals surface area contributed by atoms with Gasteiger partial charge in [-0.05, 0) is 30.7 Å². The molecule has 0 bridgehead atoms. The van der Waals surface area contributed by atoms with Crippen LogP contribution in [0.1, 0.15) is 46.2 Å². The molecule has 0 atom stereocenters. The van der Waals surface area contributed by atoms with E-state index >= 15 is 0 Å². The lowest BCUT2D eigenvalue weighted by atomic mass is 9.93. The Morgan fingerprint density at radius 3 is 2.43 bits per heavy atom. The summed E-state index contributed by atoms with van der Waals surface area (Å²) in [6.45, 7) is 8.63. The highest BCUT2D eigenvalue weighted by molar-refractivity contribution is 5.54. The largest absolute Gasteiger partial charge is 0.494 e. The first-order chi connectivity index (χ1) is 10.9. The molecular weight excluding hydrogens is 292 g/mol. The van der Waals surface area contributed by atoms with Crippen LogP contribution >= 0.6 is 0 Å². The van der Waals surface area contributed by atoms with Crippen LogP contribution < -0.4 is 15.6 Å². The van der Waals surface area contributed by atoms with Gasteiger partial charge in [-0.25, -0.2) is 0 Å². The van der Waals surface area contributed by atoms with Crippen molar-refractivity contribution in [1.29, 1.82) is 0 Å². The number of aromatic nitrogens is 3. The number of anilines is 2. The topological polar surface area (TPSA) is 79.9 Å². The summed E-state index contributed by atoms with van der Waals surface area (Å²) in [5.41, 5.74) is 0.662. The highest BCUT2D eigenvalue weighted by Crippen LogP contribution is 2.19. The van der Waals surface area contributed by atoms with Crippen molar-refractivity contribution in [2.75, 3.05) is 11.9 Å². The van der Waals surface area contributed by atoms with E-state index in [1.54, 1.807) is 0 Å². The Labute approximate surface area is 136 Å². The Kier molecular flexibility index (Phi) is 5.36. The van der Waals surface area contributed by atoms with Gasteiger partial charge in [0, 0.05) is 11.1 Å². The number of aromatic amines is 1. The molecule has 2 aromatic rings. The fourth-order valence-corrected chi connectivity index (χ4v) is 1.99. The van der Waals surface area contributed by atoms with Crippen LogP contribution in [0.15, 0.2) is 29.1 Å². The van der Waals surface area contributed by atoms with Gasteiger partial charge in [0.05, 0.1) is 6.61 Å². The molecule has 124 valence electrons. The average Bonchev–Trinajstić information content (AvgIpc) is 2.48. The Bertz CT molecular complexity index is 687. The minimum atomic E-state index is -0.337. The van der Waals surface area contributed by atoms with E-state index in [9.17, 15) is 4.79 Å². The smallest absolute Gasteiger partial charge is 0.274 e. The highest BCUT2D eigenvalue weighted by Gasteiger charge is 2.20. The molecule has 23 heavy (non-hydrogen) atoms. The molecule has 0 aliphatic carbocycles. The SMILES string of the molecule is CCCCOc1ccc(Nc2nnc(C(C)(C)C)c(=O)[nH]2)cc1. The molecule has 0 amide bonds. The Hall–Kier alpha value is -2.37. The molecule has 6 heteroatoms. The zero-order chi connectivity index (χ0) is 16.9. The minimum Gasteiger partial charge on any atom is -0.494 e. The van der Waals surface area contributed by atoms with Gasteiger partial charge in [0.15, 0.2) is 0 Å². The molecule has 1 aromatic heterocycles. The lowest BCUT2D eigenvalue weighted by molar-refractivity contribution is 0.309. The molecule has 0 spiro atoms. The molecule has 2 N–H and O–H groups in total. The minimum absolute atomic E-state index is 0.227. The third kappa shape index (κ3) is 4.81. The molecule has 0 aliphatic rings. The monoisotopic (exact) mass is 316 g/mol. The molecule has 0 saturated heterocycles. The number of benzene rings is 1. The van der Waals surface area contributed by atoms with Crippen molar-refractivity contribution in [1.82, 2.24) is 15.2 Å². The number of hydrogen-bond donors (Lipinski definition) is 2. The summed E-state index contributed by atoms with van der Waals surface area (Å²) in [7, 11) is 0.